The Bertz CT molecular complexity index is 611. The standard InChI is InChI=1S/C18H27N3O2/c1-12-6-14(19)7-13(2)15(12)20-8-18(9-20)10-21(11-18)16(22)23-17(3,4)5/h6-7H,8-11,19H2,1-5H3. The predicted octanol–water partition coefficient (Wildman–Crippen LogP) is 2.94. The zero-order chi connectivity index (χ0) is 17.0. The molecule has 1 amide bonds. The Balaban J connectivity index is 1.58. The topological polar surface area (TPSA) is 58.8 Å². The smallest absolute Gasteiger partial charge is 0.410 e. The summed E-state index contributed by atoms with van der Waals surface area (Å²) in [6.45, 7) is 13.5. The van der Waals surface area contributed by atoms with Crippen LogP contribution in [-0.2, 0) is 4.74 Å². The van der Waals surface area contributed by atoms with E-state index >= 15 is 0 Å². The Morgan fingerprint density at radius 3 is 2.13 bits per heavy atom. The lowest BCUT2D eigenvalue weighted by Gasteiger charge is -2.61. The van der Waals surface area contributed by atoms with Crippen LogP contribution in [0.5, 0.6) is 0 Å². The number of amides is 1. The molecule has 0 unspecified atom stereocenters. The van der Waals surface area contributed by atoms with Gasteiger partial charge in [0.15, 0.2) is 0 Å². The fraction of sp³-hybridized carbons (Fsp3) is 0.611. The van der Waals surface area contributed by atoms with Gasteiger partial charge in [0.05, 0.1) is 0 Å². The van der Waals surface area contributed by atoms with Gasteiger partial charge in [0.1, 0.15) is 5.60 Å². The summed E-state index contributed by atoms with van der Waals surface area (Å²) in [5.74, 6) is 0. The molecule has 5 nitrogen and oxygen atoms in total. The minimum atomic E-state index is -0.427. The predicted molar refractivity (Wildman–Crippen MR) is 92.8 cm³/mol. The number of nitrogens with two attached hydrogens (primary N) is 1. The normalized spacial score (nSPS) is 19.3. The maximum atomic E-state index is 12.0. The van der Waals surface area contributed by atoms with Gasteiger partial charge in [-0.25, -0.2) is 4.79 Å². The van der Waals surface area contributed by atoms with Gasteiger partial charge in [-0.3, -0.25) is 0 Å². The van der Waals surface area contributed by atoms with Crippen molar-refractivity contribution in [2.45, 2.75) is 40.2 Å². The molecule has 0 aromatic heterocycles. The molecule has 1 aromatic rings. The second-order valence-electron chi connectivity index (χ2n) is 8.20. The number of nitrogens with zero attached hydrogens (tertiary/aromatic N) is 2. The van der Waals surface area contributed by atoms with Crippen molar-refractivity contribution in [3.8, 4) is 0 Å². The Morgan fingerprint density at radius 2 is 1.65 bits per heavy atom. The number of aryl methyl sites for hydroxylation is 2. The minimum absolute atomic E-state index is 0.193. The number of nitrogen functional groups attached to an aromatic ring is 1. The van der Waals surface area contributed by atoms with Gasteiger partial charge in [-0.1, -0.05) is 0 Å². The number of ether oxygens (including phenoxy) is 1. The lowest BCUT2D eigenvalue weighted by atomic mass is 9.72. The van der Waals surface area contributed by atoms with Gasteiger partial charge in [0.2, 0.25) is 0 Å². The Morgan fingerprint density at radius 1 is 1.13 bits per heavy atom. The summed E-state index contributed by atoms with van der Waals surface area (Å²) < 4.78 is 5.43. The summed E-state index contributed by atoms with van der Waals surface area (Å²) in [6, 6.07) is 4.06. The van der Waals surface area contributed by atoms with E-state index in [9.17, 15) is 4.79 Å². The van der Waals surface area contributed by atoms with Crippen molar-refractivity contribution >= 4 is 17.5 Å². The number of carbonyl (C=O) groups excluding carboxylic acids is 1. The zero-order valence-corrected chi connectivity index (χ0v) is 14.8. The van der Waals surface area contributed by atoms with Crippen molar-refractivity contribution in [3.63, 3.8) is 0 Å². The Kier molecular flexibility index (Phi) is 3.50. The molecule has 0 aliphatic carbocycles. The van der Waals surface area contributed by atoms with E-state index in [-0.39, 0.29) is 11.5 Å². The number of anilines is 2. The van der Waals surface area contributed by atoms with Crippen molar-refractivity contribution in [1.29, 1.82) is 0 Å². The summed E-state index contributed by atoms with van der Waals surface area (Å²) in [5.41, 5.74) is 10.3. The van der Waals surface area contributed by atoms with Crippen LogP contribution in [0, 0.1) is 19.3 Å². The quantitative estimate of drug-likeness (QED) is 0.809. The second kappa shape index (κ2) is 5.05. The first-order valence-electron chi connectivity index (χ1n) is 8.18. The largest absolute Gasteiger partial charge is 0.444 e. The van der Waals surface area contributed by atoms with Gasteiger partial charge in [-0.05, 0) is 57.9 Å². The molecule has 1 spiro atoms. The van der Waals surface area contributed by atoms with Crippen LogP contribution in [-0.4, -0.2) is 42.8 Å². The van der Waals surface area contributed by atoms with Crippen LogP contribution >= 0.6 is 0 Å². The molecule has 3 rings (SSSR count). The van der Waals surface area contributed by atoms with E-state index in [0.717, 1.165) is 31.9 Å². The third-order valence-corrected chi connectivity index (χ3v) is 4.59. The Hall–Kier alpha value is -1.91. The van der Waals surface area contributed by atoms with E-state index in [2.05, 4.69) is 18.7 Å². The maximum Gasteiger partial charge on any atom is 0.410 e. The van der Waals surface area contributed by atoms with Gasteiger partial charge >= 0.3 is 6.09 Å². The van der Waals surface area contributed by atoms with Crippen molar-refractivity contribution in [2.75, 3.05) is 36.8 Å². The first-order valence-corrected chi connectivity index (χ1v) is 8.18. The van der Waals surface area contributed by atoms with E-state index < -0.39 is 5.60 Å². The highest BCUT2D eigenvalue weighted by Gasteiger charge is 2.54. The van der Waals surface area contributed by atoms with E-state index in [1.165, 1.54) is 16.8 Å². The lowest BCUT2D eigenvalue weighted by Crippen LogP contribution is -2.73. The number of benzene rings is 1. The van der Waals surface area contributed by atoms with E-state index in [1.807, 2.05) is 37.8 Å². The molecule has 126 valence electrons. The van der Waals surface area contributed by atoms with Crippen LogP contribution in [0.3, 0.4) is 0 Å². The molecule has 2 aliphatic rings. The molecular formula is C18H27N3O2. The van der Waals surface area contributed by atoms with Crippen LogP contribution in [0.15, 0.2) is 12.1 Å². The fourth-order valence-corrected chi connectivity index (χ4v) is 3.83. The maximum absolute atomic E-state index is 12.0. The highest BCUT2D eigenvalue weighted by Crippen LogP contribution is 2.44. The van der Waals surface area contributed by atoms with Crippen LogP contribution in [0.4, 0.5) is 16.2 Å². The van der Waals surface area contributed by atoms with Crippen molar-refractivity contribution in [3.05, 3.63) is 23.3 Å². The van der Waals surface area contributed by atoms with Crippen molar-refractivity contribution in [2.24, 2.45) is 5.41 Å². The molecular weight excluding hydrogens is 290 g/mol. The first kappa shape index (κ1) is 16.0. The second-order valence-corrected chi connectivity index (χ2v) is 8.20. The summed E-state index contributed by atoms with van der Waals surface area (Å²) in [4.78, 5) is 16.3. The molecule has 0 saturated carbocycles. The number of hydrogen-bond acceptors (Lipinski definition) is 4. The average Bonchev–Trinajstić information content (AvgIpc) is 2.25. The third kappa shape index (κ3) is 2.96. The van der Waals surface area contributed by atoms with Crippen LogP contribution < -0.4 is 10.6 Å². The molecule has 2 N–H and O–H groups in total. The summed E-state index contributed by atoms with van der Waals surface area (Å²) in [5, 5.41) is 0. The molecule has 0 radical (unpaired) electrons. The lowest BCUT2D eigenvalue weighted by molar-refractivity contribution is -0.0453. The molecule has 1 aromatic carbocycles. The van der Waals surface area contributed by atoms with E-state index in [0.29, 0.717) is 0 Å². The number of likely N-dealkylation sites (tertiary alicyclic amines) is 1. The first-order chi connectivity index (χ1) is 10.6. The number of rotatable bonds is 1. The summed E-state index contributed by atoms with van der Waals surface area (Å²) in [7, 11) is 0. The van der Waals surface area contributed by atoms with Crippen LogP contribution in [0.2, 0.25) is 0 Å². The molecule has 2 aliphatic heterocycles. The minimum Gasteiger partial charge on any atom is -0.444 e. The zero-order valence-electron chi connectivity index (χ0n) is 14.8. The van der Waals surface area contributed by atoms with Gasteiger partial charge in [-0.15, -0.1) is 0 Å². The van der Waals surface area contributed by atoms with Gasteiger partial charge in [0, 0.05) is 43.0 Å². The fourth-order valence-electron chi connectivity index (χ4n) is 3.83. The molecule has 23 heavy (non-hydrogen) atoms. The molecule has 2 heterocycles. The SMILES string of the molecule is Cc1cc(N)cc(C)c1N1CC2(CN(C(=O)OC(C)(C)C)C2)C1. The average molecular weight is 317 g/mol. The summed E-state index contributed by atoms with van der Waals surface area (Å²) in [6.07, 6.45) is -0.193. The number of carbonyl (C=O) groups is 1. The molecule has 2 saturated heterocycles. The summed E-state index contributed by atoms with van der Waals surface area (Å²) >= 11 is 0. The van der Waals surface area contributed by atoms with Gasteiger partial charge in [0.25, 0.3) is 0 Å². The molecule has 5 heteroatoms. The van der Waals surface area contributed by atoms with Crippen molar-refractivity contribution < 1.29 is 9.53 Å². The van der Waals surface area contributed by atoms with Crippen LogP contribution in [0.25, 0.3) is 0 Å². The molecule has 0 bridgehead atoms. The Labute approximate surface area is 138 Å². The van der Waals surface area contributed by atoms with Gasteiger partial charge < -0.3 is 20.3 Å². The highest BCUT2D eigenvalue weighted by molar-refractivity contribution is 5.71. The molecule has 2 fully saturated rings. The van der Waals surface area contributed by atoms with E-state index in [1.54, 1.807) is 0 Å². The van der Waals surface area contributed by atoms with Gasteiger partial charge in [-0.2, -0.15) is 0 Å². The van der Waals surface area contributed by atoms with E-state index in [4.69, 9.17) is 10.5 Å². The monoisotopic (exact) mass is 317 g/mol. The molecule has 0 atom stereocenters. The highest BCUT2D eigenvalue weighted by atomic mass is 16.6. The third-order valence-electron chi connectivity index (χ3n) is 4.59. The van der Waals surface area contributed by atoms with Crippen molar-refractivity contribution in [1.82, 2.24) is 4.90 Å². The van der Waals surface area contributed by atoms with Crippen LogP contribution in [0.1, 0.15) is 31.9 Å². The number of hydrogen-bond donors (Lipinski definition) is 1.